The minimum Gasteiger partial charge on any atom is -0.351 e. The predicted molar refractivity (Wildman–Crippen MR) is 103 cm³/mol. The van der Waals surface area contributed by atoms with Crippen LogP contribution in [0.3, 0.4) is 0 Å². The van der Waals surface area contributed by atoms with Crippen molar-refractivity contribution < 1.29 is 13.2 Å². The van der Waals surface area contributed by atoms with Gasteiger partial charge in [-0.05, 0) is 44.8 Å². The lowest BCUT2D eigenvalue weighted by Crippen LogP contribution is -2.59. The van der Waals surface area contributed by atoms with Crippen molar-refractivity contribution in [3.63, 3.8) is 0 Å². The molecule has 3 rings (SSSR count). The first kappa shape index (κ1) is 19.3. The van der Waals surface area contributed by atoms with Crippen LogP contribution in [0.4, 0.5) is 0 Å². The van der Waals surface area contributed by atoms with E-state index < -0.39 is 14.6 Å². The van der Waals surface area contributed by atoms with Crippen LogP contribution in [0, 0.1) is 0 Å². The van der Waals surface area contributed by atoms with E-state index in [4.69, 9.17) is 0 Å². The first-order valence-electron chi connectivity index (χ1n) is 9.34. The molecule has 0 spiro atoms. The summed E-state index contributed by atoms with van der Waals surface area (Å²) < 4.78 is 23.5. The highest BCUT2D eigenvalue weighted by Crippen LogP contribution is 2.29. The van der Waals surface area contributed by atoms with Crippen molar-refractivity contribution in [2.45, 2.75) is 43.0 Å². The van der Waals surface area contributed by atoms with Gasteiger partial charge in [0.05, 0.1) is 0 Å². The van der Waals surface area contributed by atoms with Crippen LogP contribution in [-0.4, -0.2) is 62.4 Å². The first-order chi connectivity index (χ1) is 12.3. The summed E-state index contributed by atoms with van der Waals surface area (Å²) in [5.41, 5.74) is 1.26. The van der Waals surface area contributed by atoms with Crippen molar-refractivity contribution in [3.8, 4) is 0 Å². The maximum absolute atomic E-state index is 12.9. The van der Waals surface area contributed by atoms with Gasteiger partial charge in [0, 0.05) is 31.4 Å². The Morgan fingerprint density at radius 2 is 1.92 bits per heavy atom. The third-order valence-electron chi connectivity index (χ3n) is 5.92. The lowest BCUT2D eigenvalue weighted by molar-refractivity contribution is -0.125. The zero-order chi connectivity index (χ0) is 18.8. The smallest absolute Gasteiger partial charge is 0.241 e. The summed E-state index contributed by atoms with van der Waals surface area (Å²) in [7, 11) is -3.47. The van der Waals surface area contributed by atoms with Gasteiger partial charge < -0.3 is 10.6 Å². The first-order valence-corrected chi connectivity index (χ1v) is 11.2. The van der Waals surface area contributed by atoms with E-state index >= 15 is 0 Å². The number of benzene rings is 1. The molecule has 2 N–H and O–H groups in total. The molecule has 7 heteroatoms. The van der Waals surface area contributed by atoms with E-state index in [-0.39, 0.29) is 18.0 Å². The Labute approximate surface area is 156 Å². The molecular formula is C19H29N3O3S. The Kier molecular flexibility index (Phi) is 5.69. The number of amides is 1. The van der Waals surface area contributed by atoms with Gasteiger partial charge in [-0.3, -0.25) is 9.69 Å². The van der Waals surface area contributed by atoms with Gasteiger partial charge in [-0.1, -0.05) is 30.3 Å². The average Bonchev–Trinajstić information content (AvgIpc) is 3.10. The maximum atomic E-state index is 12.9. The van der Waals surface area contributed by atoms with Gasteiger partial charge in [-0.25, -0.2) is 8.42 Å². The number of rotatable bonds is 5. The summed E-state index contributed by atoms with van der Waals surface area (Å²) in [5.74, 6) is -0.319. The molecule has 2 aliphatic rings. The molecule has 6 nitrogen and oxygen atoms in total. The topological polar surface area (TPSA) is 78.5 Å². The van der Waals surface area contributed by atoms with Crippen LogP contribution in [0.15, 0.2) is 30.3 Å². The number of nitrogens with one attached hydrogen (secondary N) is 2. The second-order valence-electron chi connectivity index (χ2n) is 7.56. The van der Waals surface area contributed by atoms with Crippen LogP contribution < -0.4 is 10.6 Å². The number of nitrogens with zero attached hydrogens (tertiary/aromatic N) is 1. The highest BCUT2D eigenvalue weighted by Gasteiger charge is 2.49. The quantitative estimate of drug-likeness (QED) is 0.801. The van der Waals surface area contributed by atoms with Crippen LogP contribution in [0.25, 0.3) is 0 Å². The zero-order valence-corrected chi connectivity index (χ0v) is 16.4. The van der Waals surface area contributed by atoms with Crippen molar-refractivity contribution in [1.29, 1.82) is 0 Å². The SMILES string of the molecule is CC(c1ccccc1)N1CCC(NC(=O)C2(S(C)(=O)=O)CCNCC2)C1. The lowest BCUT2D eigenvalue weighted by Gasteiger charge is -2.35. The second kappa shape index (κ2) is 7.66. The minimum atomic E-state index is -3.47. The van der Waals surface area contributed by atoms with Crippen molar-refractivity contribution >= 4 is 15.7 Å². The lowest BCUT2D eigenvalue weighted by atomic mass is 9.95. The number of sulfone groups is 1. The molecular weight excluding hydrogens is 350 g/mol. The molecule has 2 heterocycles. The van der Waals surface area contributed by atoms with Crippen LogP contribution >= 0.6 is 0 Å². The van der Waals surface area contributed by atoms with E-state index in [1.807, 2.05) is 18.2 Å². The van der Waals surface area contributed by atoms with E-state index in [1.54, 1.807) is 0 Å². The van der Waals surface area contributed by atoms with Crippen LogP contribution in [0.1, 0.15) is 37.8 Å². The van der Waals surface area contributed by atoms with Gasteiger partial charge in [-0.15, -0.1) is 0 Å². The fourth-order valence-corrected chi connectivity index (χ4v) is 5.45. The van der Waals surface area contributed by atoms with Crippen molar-refractivity contribution in [2.75, 3.05) is 32.4 Å². The van der Waals surface area contributed by atoms with Crippen molar-refractivity contribution in [2.24, 2.45) is 0 Å². The summed E-state index contributed by atoms with van der Waals surface area (Å²) in [4.78, 5) is 15.3. The minimum absolute atomic E-state index is 0.00201. The molecule has 0 saturated carbocycles. The van der Waals surface area contributed by atoms with Gasteiger partial charge in [0.15, 0.2) is 14.6 Å². The number of likely N-dealkylation sites (tertiary alicyclic amines) is 1. The molecule has 2 fully saturated rings. The van der Waals surface area contributed by atoms with E-state index in [0.717, 1.165) is 19.5 Å². The fraction of sp³-hybridized carbons (Fsp3) is 0.632. The van der Waals surface area contributed by atoms with E-state index in [9.17, 15) is 13.2 Å². The molecule has 144 valence electrons. The predicted octanol–water partition coefficient (Wildman–Crippen LogP) is 1.10. The van der Waals surface area contributed by atoms with Gasteiger partial charge >= 0.3 is 0 Å². The van der Waals surface area contributed by atoms with Crippen molar-refractivity contribution in [1.82, 2.24) is 15.5 Å². The molecule has 2 aliphatic heterocycles. The third-order valence-corrected chi connectivity index (χ3v) is 7.93. The molecule has 1 amide bonds. The normalized spacial score (nSPS) is 24.9. The monoisotopic (exact) mass is 379 g/mol. The molecule has 0 aliphatic carbocycles. The maximum Gasteiger partial charge on any atom is 0.241 e. The van der Waals surface area contributed by atoms with Crippen molar-refractivity contribution in [3.05, 3.63) is 35.9 Å². The Balaban J connectivity index is 1.65. The molecule has 0 bridgehead atoms. The Morgan fingerprint density at radius 1 is 1.27 bits per heavy atom. The molecule has 26 heavy (non-hydrogen) atoms. The van der Waals surface area contributed by atoms with Crippen LogP contribution in [0.2, 0.25) is 0 Å². The molecule has 2 saturated heterocycles. The molecule has 0 aromatic heterocycles. The summed E-state index contributed by atoms with van der Waals surface area (Å²) in [6, 6.07) is 10.6. The van der Waals surface area contributed by atoms with Gasteiger partial charge in [0.1, 0.15) is 0 Å². The zero-order valence-electron chi connectivity index (χ0n) is 15.6. The molecule has 1 aromatic carbocycles. The van der Waals surface area contributed by atoms with Gasteiger partial charge in [0.25, 0.3) is 0 Å². The molecule has 1 aromatic rings. The highest BCUT2D eigenvalue weighted by molar-refractivity contribution is 7.92. The number of hydrogen-bond acceptors (Lipinski definition) is 5. The van der Waals surface area contributed by atoms with Crippen LogP contribution in [-0.2, 0) is 14.6 Å². The summed E-state index contributed by atoms with van der Waals surface area (Å²) in [5, 5.41) is 6.19. The number of hydrogen-bond donors (Lipinski definition) is 2. The summed E-state index contributed by atoms with van der Waals surface area (Å²) in [6.45, 7) is 4.93. The highest BCUT2D eigenvalue weighted by atomic mass is 32.2. The Morgan fingerprint density at radius 3 is 2.54 bits per heavy atom. The fourth-order valence-electron chi connectivity index (χ4n) is 4.11. The number of piperidine rings is 1. The third kappa shape index (κ3) is 3.80. The van der Waals surface area contributed by atoms with E-state index in [2.05, 4.69) is 34.6 Å². The molecule has 2 atom stereocenters. The van der Waals surface area contributed by atoms with E-state index in [1.165, 1.54) is 11.8 Å². The Hall–Kier alpha value is -1.44. The summed E-state index contributed by atoms with van der Waals surface area (Å²) >= 11 is 0. The number of carbonyl (C=O) groups is 1. The van der Waals surface area contributed by atoms with Gasteiger partial charge in [-0.2, -0.15) is 0 Å². The molecule has 2 unspecified atom stereocenters. The average molecular weight is 380 g/mol. The molecule has 0 radical (unpaired) electrons. The second-order valence-corrected chi connectivity index (χ2v) is 9.88. The van der Waals surface area contributed by atoms with Crippen LogP contribution in [0.5, 0.6) is 0 Å². The van der Waals surface area contributed by atoms with Gasteiger partial charge in [0.2, 0.25) is 5.91 Å². The Bertz CT molecular complexity index is 730. The largest absolute Gasteiger partial charge is 0.351 e. The standard InChI is InChI=1S/C19H29N3O3S/c1-15(16-6-4-3-5-7-16)22-13-8-17(14-22)21-18(23)19(26(2,24)25)9-11-20-12-10-19/h3-7,15,17,20H,8-14H2,1-2H3,(H,21,23). The number of carbonyl (C=O) groups excluding carboxylic acids is 1. The summed E-state index contributed by atoms with van der Waals surface area (Å²) in [6.07, 6.45) is 2.72. The van der Waals surface area contributed by atoms with E-state index in [0.29, 0.717) is 25.9 Å².